The van der Waals surface area contributed by atoms with Gasteiger partial charge in [-0.3, -0.25) is 4.90 Å². The molecule has 0 unspecified atom stereocenters. The first-order valence-corrected chi connectivity index (χ1v) is 9.25. The first-order valence-electron chi connectivity index (χ1n) is 8.37. The van der Waals surface area contributed by atoms with E-state index in [-0.39, 0.29) is 0 Å². The van der Waals surface area contributed by atoms with Crippen LogP contribution in [0, 0.1) is 12.8 Å². The van der Waals surface area contributed by atoms with Crippen LogP contribution < -0.4 is 5.32 Å². The second-order valence-electron chi connectivity index (χ2n) is 6.48. The van der Waals surface area contributed by atoms with Crippen LogP contribution in [0.5, 0.6) is 0 Å². The summed E-state index contributed by atoms with van der Waals surface area (Å²) in [4.78, 5) is 12.5. The Morgan fingerprint density at radius 1 is 1.42 bits per heavy atom. The van der Waals surface area contributed by atoms with Gasteiger partial charge in [-0.05, 0) is 50.7 Å². The number of aromatic nitrogens is 4. The second kappa shape index (κ2) is 6.49. The molecule has 4 heterocycles. The molecule has 7 heteroatoms. The molecule has 0 bridgehead atoms. The molecule has 0 spiro atoms. The number of nitrogens with one attached hydrogen (secondary N) is 1. The third-order valence-corrected chi connectivity index (χ3v) is 5.71. The van der Waals surface area contributed by atoms with E-state index in [9.17, 15) is 0 Å². The standard InChI is InChI=1S/C17H22N6S/c1-12-9-15(23-17(21-12)19-11-20-23)18-10-13-5-3-7-22(2)16(13)14-6-4-8-24-14/h4,6,8-9,11,13,16,18H,3,5,7,10H2,1-2H3/t13-,16+/m0/s1. The predicted molar refractivity (Wildman–Crippen MR) is 96.4 cm³/mol. The highest BCUT2D eigenvalue weighted by Gasteiger charge is 2.31. The molecular weight excluding hydrogens is 320 g/mol. The summed E-state index contributed by atoms with van der Waals surface area (Å²) in [6.45, 7) is 4.08. The maximum atomic E-state index is 4.40. The normalized spacial score (nSPS) is 22.1. The lowest BCUT2D eigenvalue weighted by molar-refractivity contribution is 0.130. The molecule has 24 heavy (non-hydrogen) atoms. The third kappa shape index (κ3) is 2.89. The van der Waals surface area contributed by atoms with Gasteiger partial charge in [-0.15, -0.1) is 11.3 Å². The molecule has 3 aromatic rings. The second-order valence-corrected chi connectivity index (χ2v) is 7.46. The number of rotatable bonds is 4. The van der Waals surface area contributed by atoms with Gasteiger partial charge < -0.3 is 5.32 Å². The molecule has 0 saturated carbocycles. The van der Waals surface area contributed by atoms with Gasteiger partial charge in [-0.2, -0.15) is 14.6 Å². The van der Waals surface area contributed by atoms with Crippen LogP contribution >= 0.6 is 11.3 Å². The number of anilines is 1. The van der Waals surface area contributed by atoms with Crippen molar-refractivity contribution in [1.29, 1.82) is 0 Å². The molecular formula is C17H22N6S. The van der Waals surface area contributed by atoms with Crippen LogP contribution in [0.4, 0.5) is 5.82 Å². The van der Waals surface area contributed by atoms with Crippen molar-refractivity contribution in [2.45, 2.75) is 25.8 Å². The number of nitrogens with zero attached hydrogens (tertiary/aromatic N) is 5. The maximum absolute atomic E-state index is 4.40. The Labute approximate surface area is 145 Å². The summed E-state index contributed by atoms with van der Waals surface area (Å²) < 4.78 is 1.78. The fraction of sp³-hybridized carbons (Fsp3) is 0.471. The Kier molecular flexibility index (Phi) is 4.20. The molecule has 0 radical (unpaired) electrons. The highest BCUT2D eigenvalue weighted by molar-refractivity contribution is 7.10. The lowest BCUT2D eigenvalue weighted by atomic mass is 9.88. The molecule has 1 aliphatic heterocycles. The van der Waals surface area contributed by atoms with Crippen molar-refractivity contribution in [3.63, 3.8) is 0 Å². The Balaban J connectivity index is 1.56. The van der Waals surface area contributed by atoms with Gasteiger partial charge in [0, 0.05) is 29.2 Å². The average Bonchev–Trinajstić information content (AvgIpc) is 3.23. The van der Waals surface area contributed by atoms with Crippen LogP contribution in [-0.2, 0) is 0 Å². The predicted octanol–water partition coefficient (Wildman–Crippen LogP) is 2.99. The van der Waals surface area contributed by atoms with Crippen LogP contribution in [0.2, 0.25) is 0 Å². The Hall–Kier alpha value is -1.99. The summed E-state index contributed by atoms with van der Waals surface area (Å²) in [5.74, 6) is 2.19. The van der Waals surface area contributed by atoms with E-state index < -0.39 is 0 Å². The molecule has 3 aromatic heterocycles. The van der Waals surface area contributed by atoms with Gasteiger partial charge >= 0.3 is 0 Å². The highest BCUT2D eigenvalue weighted by atomic mass is 32.1. The van der Waals surface area contributed by atoms with Crippen LogP contribution in [0.3, 0.4) is 0 Å². The average molecular weight is 342 g/mol. The molecule has 1 fully saturated rings. The number of thiophene rings is 1. The maximum Gasteiger partial charge on any atom is 0.254 e. The van der Waals surface area contributed by atoms with E-state index in [1.165, 1.54) is 24.3 Å². The molecule has 0 aromatic carbocycles. The zero-order valence-electron chi connectivity index (χ0n) is 14.0. The largest absolute Gasteiger partial charge is 0.369 e. The molecule has 1 saturated heterocycles. The molecule has 4 rings (SSSR count). The van der Waals surface area contributed by atoms with Crippen molar-refractivity contribution in [3.05, 3.63) is 40.5 Å². The zero-order chi connectivity index (χ0) is 16.5. The van der Waals surface area contributed by atoms with Crippen molar-refractivity contribution in [3.8, 4) is 0 Å². The van der Waals surface area contributed by atoms with E-state index in [4.69, 9.17) is 0 Å². The van der Waals surface area contributed by atoms with Gasteiger partial charge in [0.1, 0.15) is 12.1 Å². The number of hydrogen-bond acceptors (Lipinski definition) is 6. The Bertz CT molecular complexity index is 812. The van der Waals surface area contributed by atoms with Crippen molar-refractivity contribution >= 4 is 22.9 Å². The highest BCUT2D eigenvalue weighted by Crippen LogP contribution is 2.37. The first-order chi connectivity index (χ1) is 11.7. The minimum Gasteiger partial charge on any atom is -0.369 e. The van der Waals surface area contributed by atoms with Gasteiger partial charge in [0.15, 0.2) is 0 Å². The Morgan fingerprint density at radius 2 is 2.33 bits per heavy atom. The molecule has 126 valence electrons. The monoisotopic (exact) mass is 342 g/mol. The van der Waals surface area contributed by atoms with Gasteiger partial charge in [-0.1, -0.05) is 6.07 Å². The van der Waals surface area contributed by atoms with E-state index in [2.05, 4.69) is 49.8 Å². The van der Waals surface area contributed by atoms with E-state index in [0.717, 1.165) is 18.1 Å². The quantitative estimate of drug-likeness (QED) is 0.790. The van der Waals surface area contributed by atoms with Crippen LogP contribution in [0.25, 0.3) is 5.78 Å². The summed E-state index contributed by atoms with van der Waals surface area (Å²) in [6.07, 6.45) is 4.04. The fourth-order valence-electron chi connectivity index (χ4n) is 3.67. The lowest BCUT2D eigenvalue weighted by Crippen LogP contribution is -2.38. The summed E-state index contributed by atoms with van der Waals surface area (Å²) in [6, 6.07) is 6.93. The molecule has 0 amide bonds. The van der Waals surface area contributed by atoms with E-state index >= 15 is 0 Å². The third-order valence-electron chi connectivity index (χ3n) is 4.77. The topological polar surface area (TPSA) is 58.4 Å². The number of hydrogen-bond donors (Lipinski definition) is 1. The van der Waals surface area contributed by atoms with Crippen molar-refractivity contribution in [2.24, 2.45) is 5.92 Å². The number of aryl methyl sites for hydroxylation is 1. The number of piperidine rings is 1. The lowest BCUT2D eigenvalue weighted by Gasteiger charge is -2.39. The smallest absolute Gasteiger partial charge is 0.254 e. The van der Waals surface area contributed by atoms with E-state index in [1.807, 2.05) is 24.3 Å². The van der Waals surface area contributed by atoms with Crippen molar-refractivity contribution in [2.75, 3.05) is 25.5 Å². The molecule has 1 aliphatic rings. The van der Waals surface area contributed by atoms with E-state index in [1.54, 1.807) is 10.8 Å². The van der Waals surface area contributed by atoms with E-state index in [0.29, 0.717) is 17.7 Å². The summed E-state index contributed by atoms with van der Waals surface area (Å²) in [5, 5.41) is 10.0. The van der Waals surface area contributed by atoms with Crippen LogP contribution in [-0.4, -0.2) is 44.6 Å². The van der Waals surface area contributed by atoms with Gasteiger partial charge in [0.2, 0.25) is 0 Å². The Morgan fingerprint density at radius 3 is 3.17 bits per heavy atom. The number of likely N-dealkylation sites (tertiary alicyclic amines) is 1. The molecule has 6 nitrogen and oxygen atoms in total. The molecule has 1 N–H and O–H groups in total. The summed E-state index contributed by atoms with van der Waals surface area (Å²) in [7, 11) is 2.24. The van der Waals surface area contributed by atoms with Crippen molar-refractivity contribution in [1.82, 2.24) is 24.5 Å². The van der Waals surface area contributed by atoms with Gasteiger partial charge in [-0.25, -0.2) is 4.98 Å². The zero-order valence-corrected chi connectivity index (χ0v) is 14.8. The van der Waals surface area contributed by atoms with Crippen LogP contribution in [0.15, 0.2) is 29.9 Å². The van der Waals surface area contributed by atoms with Crippen LogP contribution in [0.1, 0.15) is 29.5 Å². The fourth-order valence-corrected chi connectivity index (χ4v) is 4.66. The van der Waals surface area contributed by atoms with Gasteiger partial charge in [0.05, 0.1) is 0 Å². The first kappa shape index (κ1) is 15.5. The van der Waals surface area contributed by atoms with Crippen molar-refractivity contribution < 1.29 is 0 Å². The SMILES string of the molecule is Cc1cc(NC[C@@H]2CCCN(C)[C@H]2c2cccs2)n2ncnc2n1. The number of fused-ring (bicyclic) bond motifs is 1. The minimum absolute atomic E-state index is 0.487. The molecule has 0 aliphatic carbocycles. The summed E-state index contributed by atoms with van der Waals surface area (Å²) >= 11 is 1.86. The van der Waals surface area contributed by atoms with Gasteiger partial charge in [0.25, 0.3) is 5.78 Å². The summed E-state index contributed by atoms with van der Waals surface area (Å²) in [5.41, 5.74) is 0.952. The molecule has 2 atom stereocenters. The minimum atomic E-state index is 0.487.